The Morgan fingerprint density at radius 1 is 1.26 bits per heavy atom. The quantitative estimate of drug-likeness (QED) is 0.907. The van der Waals surface area contributed by atoms with Crippen LogP contribution >= 0.6 is 0 Å². The molecule has 1 aliphatic carbocycles. The molecule has 1 aromatic heterocycles. The molecule has 4 nitrogen and oxygen atoms in total. The van der Waals surface area contributed by atoms with Crippen LogP contribution in [0.4, 0.5) is 5.95 Å². The van der Waals surface area contributed by atoms with E-state index in [0.717, 1.165) is 37.3 Å². The van der Waals surface area contributed by atoms with Gasteiger partial charge in [0.2, 0.25) is 5.95 Å². The summed E-state index contributed by atoms with van der Waals surface area (Å²) in [6, 6.07) is 0.634. The second kappa shape index (κ2) is 5.95. The van der Waals surface area contributed by atoms with Gasteiger partial charge in [-0.15, -0.1) is 0 Å². The Labute approximate surface area is 115 Å². The molecule has 0 radical (unpaired) electrons. The fourth-order valence-electron chi connectivity index (χ4n) is 3.26. The van der Waals surface area contributed by atoms with Gasteiger partial charge in [0.1, 0.15) is 0 Å². The average molecular weight is 263 g/mol. The van der Waals surface area contributed by atoms with E-state index in [4.69, 9.17) is 4.74 Å². The summed E-state index contributed by atoms with van der Waals surface area (Å²) >= 11 is 0. The summed E-state index contributed by atoms with van der Waals surface area (Å²) in [6.45, 7) is 5.01. The van der Waals surface area contributed by atoms with Gasteiger partial charge in [0, 0.05) is 32.0 Å². The summed E-state index contributed by atoms with van der Waals surface area (Å²) in [5, 5.41) is 3.64. The van der Waals surface area contributed by atoms with Crippen LogP contribution in [0.15, 0.2) is 6.20 Å². The molecule has 1 saturated heterocycles. The Hall–Kier alpha value is -1.03. The van der Waals surface area contributed by atoms with Crippen LogP contribution in [-0.2, 0) is 11.3 Å². The molecule has 1 aromatic rings. The van der Waals surface area contributed by atoms with Crippen molar-refractivity contribution < 1.29 is 4.74 Å². The lowest BCUT2D eigenvalue weighted by Crippen LogP contribution is -2.23. The van der Waals surface area contributed by atoms with E-state index < -0.39 is 0 Å². The minimum atomic E-state index is 0.634. The van der Waals surface area contributed by atoms with Crippen LogP contribution in [0.25, 0.3) is 0 Å². The minimum Gasteiger partial charge on any atom is -0.381 e. The lowest BCUT2D eigenvalue weighted by molar-refractivity contribution is 0.0614. The monoisotopic (exact) mass is 263 g/mol. The zero-order valence-corrected chi connectivity index (χ0v) is 11.9. The molecule has 0 amide bonds. The Morgan fingerprint density at radius 3 is 2.74 bits per heavy atom. The van der Waals surface area contributed by atoms with Gasteiger partial charge >= 0.3 is 0 Å². The number of aromatic nitrogens is 2. The third-order valence-electron chi connectivity index (χ3n) is 4.38. The first kappa shape index (κ1) is 13.0. The van der Waals surface area contributed by atoms with Crippen molar-refractivity contribution in [1.29, 1.82) is 0 Å². The predicted octanol–water partition coefficient (Wildman–Crippen LogP) is 2.97. The second-order valence-electron chi connectivity index (χ2n) is 6.04. The topological polar surface area (TPSA) is 39.1 Å². The summed E-state index contributed by atoms with van der Waals surface area (Å²) in [5.74, 6) is 1.82. The molecule has 2 heterocycles. The van der Waals surface area contributed by atoms with E-state index in [1.54, 1.807) is 0 Å². The van der Waals surface area contributed by atoms with E-state index in [0.29, 0.717) is 6.04 Å². The zero-order valence-electron chi connectivity index (χ0n) is 11.9. The first-order valence-corrected chi connectivity index (χ1v) is 7.69. The van der Waals surface area contributed by atoms with Gasteiger partial charge < -0.3 is 14.6 Å². The van der Waals surface area contributed by atoms with Gasteiger partial charge in [-0.05, 0) is 38.5 Å². The predicted molar refractivity (Wildman–Crippen MR) is 76.4 cm³/mol. The highest BCUT2D eigenvalue weighted by Gasteiger charge is 2.19. The molecule has 1 N–H and O–H groups in total. The number of rotatable bonds is 4. The maximum absolute atomic E-state index is 5.44. The first-order chi connectivity index (χ1) is 9.31. The van der Waals surface area contributed by atoms with Crippen LogP contribution < -0.4 is 5.32 Å². The number of anilines is 1. The molecule has 0 spiro atoms. The minimum absolute atomic E-state index is 0.634. The molecular weight excluding hydrogens is 238 g/mol. The molecule has 0 bridgehead atoms. The van der Waals surface area contributed by atoms with Crippen molar-refractivity contribution in [2.24, 2.45) is 5.92 Å². The number of ether oxygens (including phenoxy) is 1. The Bertz CT molecular complexity index is 404. The lowest BCUT2D eigenvalue weighted by atomic mass is 10.0. The molecule has 0 atom stereocenters. The molecule has 2 aliphatic rings. The van der Waals surface area contributed by atoms with Gasteiger partial charge in [-0.2, -0.15) is 0 Å². The van der Waals surface area contributed by atoms with E-state index in [2.05, 4.69) is 28.0 Å². The van der Waals surface area contributed by atoms with Crippen LogP contribution in [0.3, 0.4) is 0 Å². The SMILES string of the molecule is Cc1cn(CC2CCOCC2)c(NC2CCCC2)n1. The van der Waals surface area contributed by atoms with Crippen LogP contribution in [-0.4, -0.2) is 28.8 Å². The van der Waals surface area contributed by atoms with Gasteiger partial charge in [-0.3, -0.25) is 0 Å². The Kier molecular flexibility index (Phi) is 4.06. The molecular formula is C15H25N3O. The summed E-state index contributed by atoms with van der Waals surface area (Å²) in [7, 11) is 0. The van der Waals surface area contributed by atoms with Crippen molar-refractivity contribution in [3.8, 4) is 0 Å². The lowest BCUT2D eigenvalue weighted by Gasteiger charge is -2.23. The fraction of sp³-hybridized carbons (Fsp3) is 0.800. The third kappa shape index (κ3) is 3.30. The molecule has 2 fully saturated rings. The Morgan fingerprint density at radius 2 is 2.00 bits per heavy atom. The summed E-state index contributed by atoms with van der Waals surface area (Å²) in [4.78, 5) is 4.66. The highest BCUT2D eigenvalue weighted by atomic mass is 16.5. The highest BCUT2D eigenvalue weighted by Crippen LogP contribution is 2.24. The van der Waals surface area contributed by atoms with E-state index in [1.807, 2.05) is 0 Å². The standard InChI is InChI=1S/C15H25N3O/c1-12-10-18(11-13-6-8-19-9-7-13)15(16-12)17-14-4-2-3-5-14/h10,13-14H,2-9,11H2,1H3,(H,16,17). The first-order valence-electron chi connectivity index (χ1n) is 7.69. The maximum Gasteiger partial charge on any atom is 0.203 e. The van der Waals surface area contributed by atoms with Crippen LogP contribution in [0, 0.1) is 12.8 Å². The van der Waals surface area contributed by atoms with E-state index in [-0.39, 0.29) is 0 Å². The van der Waals surface area contributed by atoms with Crippen LogP contribution in [0.5, 0.6) is 0 Å². The van der Waals surface area contributed by atoms with E-state index in [9.17, 15) is 0 Å². The smallest absolute Gasteiger partial charge is 0.203 e. The van der Waals surface area contributed by atoms with Crippen molar-refractivity contribution >= 4 is 5.95 Å². The average Bonchev–Trinajstić information content (AvgIpc) is 3.02. The van der Waals surface area contributed by atoms with Crippen molar-refractivity contribution in [1.82, 2.24) is 9.55 Å². The van der Waals surface area contributed by atoms with Crippen molar-refractivity contribution in [3.63, 3.8) is 0 Å². The third-order valence-corrected chi connectivity index (χ3v) is 4.38. The number of hydrogen-bond acceptors (Lipinski definition) is 3. The zero-order chi connectivity index (χ0) is 13.1. The largest absolute Gasteiger partial charge is 0.381 e. The highest BCUT2D eigenvalue weighted by molar-refractivity contribution is 5.30. The van der Waals surface area contributed by atoms with Crippen molar-refractivity contribution in [2.75, 3.05) is 18.5 Å². The molecule has 1 aliphatic heterocycles. The molecule has 1 saturated carbocycles. The molecule has 19 heavy (non-hydrogen) atoms. The van der Waals surface area contributed by atoms with Crippen molar-refractivity contribution in [2.45, 2.75) is 58.0 Å². The molecule has 0 aromatic carbocycles. The van der Waals surface area contributed by atoms with Gasteiger partial charge in [0.25, 0.3) is 0 Å². The van der Waals surface area contributed by atoms with Gasteiger partial charge in [0.05, 0.1) is 5.69 Å². The number of nitrogens with one attached hydrogen (secondary N) is 1. The van der Waals surface area contributed by atoms with E-state index in [1.165, 1.54) is 38.5 Å². The van der Waals surface area contributed by atoms with Gasteiger partial charge in [0.15, 0.2) is 0 Å². The molecule has 4 heteroatoms. The molecule has 3 rings (SSSR count). The number of hydrogen-bond donors (Lipinski definition) is 1. The summed E-state index contributed by atoms with van der Waals surface area (Å²) in [6.07, 6.45) is 9.86. The number of imidazole rings is 1. The van der Waals surface area contributed by atoms with Gasteiger partial charge in [-0.25, -0.2) is 4.98 Å². The number of aryl methyl sites for hydroxylation is 1. The van der Waals surface area contributed by atoms with Gasteiger partial charge in [-0.1, -0.05) is 12.8 Å². The Balaban J connectivity index is 1.65. The normalized spacial score (nSPS) is 21.9. The number of nitrogens with zero attached hydrogens (tertiary/aromatic N) is 2. The second-order valence-corrected chi connectivity index (χ2v) is 6.04. The van der Waals surface area contributed by atoms with Crippen LogP contribution in [0.2, 0.25) is 0 Å². The molecule has 106 valence electrons. The molecule has 0 unspecified atom stereocenters. The maximum atomic E-state index is 5.44. The van der Waals surface area contributed by atoms with E-state index >= 15 is 0 Å². The van der Waals surface area contributed by atoms with Crippen LogP contribution in [0.1, 0.15) is 44.2 Å². The summed E-state index contributed by atoms with van der Waals surface area (Å²) < 4.78 is 7.76. The summed E-state index contributed by atoms with van der Waals surface area (Å²) in [5.41, 5.74) is 1.12. The van der Waals surface area contributed by atoms with Crippen molar-refractivity contribution in [3.05, 3.63) is 11.9 Å². The fourth-order valence-corrected chi connectivity index (χ4v) is 3.26.